The fraction of sp³-hybridized carbons (Fsp3) is 0.471. The lowest BCUT2D eigenvalue weighted by Gasteiger charge is -2.41. The van der Waals surface area contributed by atoms with Gasteiger partial charge in [0.2, 0.25) is 0 Å². The third kappa shape index (κ3) is 2.86. The first-order chi connectivity index (χ1) is 10.8. The van der Waals surface area contributed by atoms with Crippen molar-refractivity contribution in [2.45, 2.75) is 32.7 Å². The molecule has 1 fully saturated rings. The number of fused-ring (bicyclic) bond motifs is 1. The molecule has 0 saturated carbocycles. The SMILES string of the molecule is Cc1c(C(=O)O)c2ccccc2n1[C@@H](C)C1CCS(O)(O)CC1. The average Bonchev–Trinajstić information content (AvgIpc) is 2.78. The zero-order valence-corrected chi connectivity index (χ0v) is 14.2. The second-order valence-electron chi connectivity index (χ2n) is 6.44. The molecule has 0 radical (unpaired) electrons. The molecule has 1 atom stereocenters. The van der Waals surface area contributed by atoms with Gasteiger partial charge in [-0.2, -0.15) is 10.6 Å². The molecule has 2 aromatic rings. The van der Waals surface area contributed by atoms with E-state index in [1.165, 1.54) is 0 Å². The van der Waals surface area contributed by atoms with Crippen LogP contribution in [0.25, 0.3) is 10.9 Å². The van der Waals surface area contributed by atoms with Crippen LogP contribution in [-0.4, -0.2) is 36.3 Å². The predicted molar refractivity (Wildman–Crippen MR) is 93.7 cm³/mol. The number of hydrogen-bond donors (Lipinski definition) is 3. The van der Waals surface area contributed by atoms with Crippen LogP contribution in [0.2, 0.25) is 0 Å². The molecule has 5 nitrogen and oxygen atoms in total. The van der Waals surface area contributed by atoms with E-state index in [0.29, 0.717) is 23.0 Å². The Labute approximate surface area is 137 Å². The summed E-state index contributed by atoms with van der Waals surface area (Å²) < 4.78 is 21.7. The fourth-order valence-electron chi connectivity index (χ4n) is 3.81. The Balaban J connectivity index is 2.03. The van der Waals surface area contributed by atoms with Gasteiger partial charge in [-0.15, -0.1) is 0 Å². The van der Waals surface area contributed by atoms with E-state index in [1.54, 1.807) is 0 Å². The van der Waals surface area contributed by atoms with E-state index in [2.05, 4.69) is 11.5 Å². The Kier molecular flexibility index (Phi) is 4.16. The van der Waals surface area contributed by atoms with E-state index < -0.39 is 16.6 Å². The summed E-state index contributed by atoms with van der Waals surface area (Å²) in [6.07, 6.45) is 1.52. The zero-order chi connectivity index (χ0) is 16.8. The minimum Gasteiger partial charge on any atom is -0.478 e. The Morgan fingerprint density at radius 3 is 2.48 bits per heavy atom. The first-order valence-electron chi connectivity index (χ1n) is 7.88. The van der Waals surface area contributed by atoms with E-state index in [1.807, 2.05) is 31.2 Å². The van der Waals surface area contributed by atoms with Crippen molar-refractivity contribution >= 4 is 27.5 Å². The Morgan fingerprint density at radius 2 is 1.87 bits per heavy atom. The van der Waals surface area contributed by atoms with E-state index in [0.717, 1.165) is 29.4 Å². The molecule has 0 bridgehead atoms. The summed E-state index contributed by atoms with van der Waals surface area (Å²) >= 11 is 0. The van der Waals surface area contributed by atoms with Crippen molar-refractivity contribution in [3.05, 3.63) is 35.5 Å². The topological polar surface area (TPSA) is 82.7 Å². The molecule has 1 aromatic heterocycles. The number of carboxylic acids is 1. The molecule has 1 aliphatic heterocycles. The van der Waals surface area contributed by atoms with Crippen molar-refractivity contribution in [2.75, 3.05) is 11.5 Å². The molecule has 0 amide bonds. The van der Waals surface area contributed by atoms with Crippen LogP contribution in [0.15, 0.2) is 24.3 Å². The standard InChI is InChI=1S/C17H23NO4S/c1-11(13-7-9-23(21,22)10-8-13)18-12(2)16(17(19)20)14-5-3-4-6-15(14)18/h3-6,11,13,21-22H,7-10H2,1-2H3,(H,19,20)/t11-/m0/s1. The number of nitrogens with zero attached hydrogens (tertiary/aromatic N) is 1. The van der Waals surface area contributed by atoms with Crippen LogP contribution in [0.5, 0.6) is 0 Å². The Bertz CT molecular complexity index is 742. The van der Waals surface area contributed by atoms with Gasteiger partial charge in [-0.05, 0) is 38.7 Å². The summed E-state index contributed by atoms with van der Waals surface area (Å²) in [7, 11) is -2.40. The Hall–Kier alpha value is -1.50. The molecule has 126 valence electrons. The van der Waals surface area contributed by atoms with E-state index in [9.17, 15) is 19.0 Å². The van der Waals surface area contributed by atoms with Crippen molar-refractivity contribution in [3.63, 3.8) is 0 Å². The smallest absolute Gasteiger partial charge is 0.338 e. The highest BCUT2D eigenvalue weighted by Crippen LogP contribution is 2.48. The van der Waals surface area contributed by atoms with Gasteiger partial charge in [0.1, 0.15) is 0 Å². The molecule has 23 heavy (non-hydrogen) atoms. The second kappa shape index (κ2) is 5.85. The predicted octanol–water partition coefficient (Wildman–Crippen LogP) is 4.37. The van der Waals surface area contributed by atoms with E-state index in [4.69, 9.17) is 0 Å². The van der Waals surface area contributed by atoms with Gasteiger partial charge in [-0.25, -0.2) is 4.79 Å². The molecule has 1 aromatic carbocycles. The van der Waals surface area contributed by atoms with Gasteiger partial charge in [0.25, 0.3) is 0 Å². The van der Waals surface area contributed by atoms with Crippen molar-refractivity contribution < 1.29 is 19.0 Å². The van der Waals surface area contributed by atoms with Crippen LogP contribution in [0, 0.1) is 12.8 Å². The fourth-order valence-corrected chi connectivity index (χ4v) is 5.37. The van der Waals surface area contributed by atoms with Crippen LogP contribution < -0.4 is 0 Å². The van der Waals surface area contributed by atoms with Crippen LogP contribution in [0.4, 0.5) is 0 Å². The van der Waals surface area contributed by atoms with Gasteiger partial charge in [-0.3, -0.25) is 9.11 Å². The highest BCUT2D eigenvalue weighted by molar-refractivity contribution is 8.24. The molecule has 6 heteroatoms. The zero-order valence-electron chi connectivity index (χ0n) is 13.4. The van der Waals surface area contributed by atoms with Gasteiger partial charge in [-0.1, -0.05) is 18.2 Å². The number of para-hydroxylation sites is 1. The maximum absolute atomic E-state index is 11.7. The van der Waals surface area contributed by atoms with Gasteiger partial charge < -0.3 is 9.67 Å². The normalized spacial score (nSPS) is 21.2. The van der Waals surface area contributed by atoms with Crippen molar-refractivity contribution in [2.24, 2.45) is 5.92 Å². The van der Waals surface area contributed by atoms with Crippen molar-refractivity contribution in [1.29, 1.82) is 0 Å². The van der Waals surface area contributed by atoms with Crippen LogP contribution in [-0.2, 0) is 0 Å². The molecule has 3 rings (SSSR count). The lowest BCUT2D eigenvalue weighted by molar-refractivity contribution is 0.0697. The van der Waals surface area contributed by atoms with Crippen LogP contribution in [0.1, 0.15) is 41.9 Å². The highest BCUT2D eigenvalue weighted by atomic mass is 32.3. The first kappa shape index (κ1) is 16.4. The highest BCUT2D eigenvalue weighted by Gasteiger charge is 2.31. The number of carbonyl (C=O) groups is 1. The van der Waals surface area contributed by atoms with Gasteiger partial charge in [0, 0.05) is 34.1 Å². The largest absolute Gasteiger partial charge is 0.478 e. The molecule has 0 aliphatic carbocycles. The van der Waals surface area contributed by atoms with Crippen LogP contribution >= 0.6 is 10.6 Å². The number of aromatic nitrogens is 1. The lowest BCUT2D eigenvalue weighted by atomic mass is 9.94. The number of rotatable bonds is 3. The summed E-state index contributed by atoms with van der Waals surface area (Å²) in [5.74, 6) is 0.325. The van der Waals surface area contributed by atoms with Crippen molar-refractivity contribution in [3.8, 4) is 0 Å². The van der Waals surface area contributed by atoms with Gasteiger partial charge in [0.15, 0.2) is 0 Å². The monoisotopic (exact) mass is 337 g/mol. The van der Waals surface area contributed by atoms with E-state index >= 15 is 0 Å². The van der Waals surface area contributed by atoms with Gasteiger partial charge >= 0.3 is 5.97 Å². The summed E-state index contributed by atoms with van der Waals surface area (Å²) in [4.78, 5) is 11.7. The molecule has 0 unspecified atom stereocenters. The molecular formula is C17H23NO4S. The quantitative estimate of drug-likeness (QED) is 0.776. The Morgan fingerprint density at radius 1 is 1.26 bits per heavy atom. The molecular weight excluding hydrogens is 314 g/mol. The van der Waals surface area contributed by atoms with Crippen LogP contribution in [0.3, 0.4) is 0 Å². The number of carboxylic acid groups (broad SMARTS) is 1. The summed E-state index contributed by atoms with van der Waals surface area (Å²) in [6.45, 7) is 3.96. The minimum absolute atomic E-state index is 0.128. The molecule has 3 N–H and O–H groups in total. The van der Waals surface area contributed by atoms with E-state index in [-0.39, 0.29) is 6.04 Å². The molecule has 0 spiro atoms. The summed E-state index contributed by atoms with van der Waals surface area (Å²) in [5.41, 5.74) is 2.07. The molecule has 1 aliphatic rings. The third-order valence-corrected chi connectivity index (χ3v) is 6.87. The number of hydrogen-bond acceptors (Lipinski definition) is 3. The maximum Gasteiger partial charge on any atom is 0.338 e. The third-order valence-electron chi connectivity index (χ3n) is 5.09. The minimum atomic E-state index is -2.40. The maximum atomic E-state index is 11.7. The number of benzene rings is 1. The van der Waals surface area contributed by atoms with Crippen molar-refractivity contribution in [1.82, 2.24) is 4.57 Å². The number of aromatic carboxylic acids is 1. The summed E-state index contributed by atoms with van der Waals surface area (Å²) in [5, 5.41) is 10.3. The van der Waals surface area contributed by atoms with Gasteiger partial charge in [0.05, 0.1) is 5.56 Å². The lowest BCUT2D eigenvalue weighted by Crippen LogP contribution is -2.27. The summed E-state index contributed by atoms with van der Waals surface area (Å²) in [6, 6.07) is 7.73. The first-order valence-corrected chi connectivity index (χ1v) is 9.77. The average molecular weight is 337 g/mol. The second-order valence-corrected chi connectivity index (χ2v) is 8.86. The molecule has 1 saturated heterocycles. The molecule has 2 heterocycles.